The summed E-state index contributed by atoms with van der Waals surface area (Å²) in [5.74, 6) is 0.445. The Morgan fingerprint density at radius 3 is 2.75 bits per heavy atom. The Morgan fingerprint density at radius 1 is 1.25 bits per heavy atom. The molecule has 1 saturated carbocycles. The molecule has 102 valence electrons. The number of nitrogens with one attached hydrogen (secondary N) is 1. The average Bonchev–Trinajstić information content (AvgIpc) is 3.10. The second kappa shape index (κ2) is 5.59. The lowest BCUT2D eigenvalue weighted by molar-refractivity contribution is -0.122. The SMILES string of the molecule is C/C(=N\NC(=O)[C@H]1C[C@@H]1c1ccccc1)c1cccs1. The van der Waals surface area contributed by atoms with E-state index < -0.39 is 0 Å². The Labute approximate surface area is 122 Å². The number of carbonyl (C=O) groups excluding carboxylic acids is 1. The Bertz CT molecular complexity index is 619. The van der Waals surface area contributed by atoms with Gasteiger partial charge in [-0.15, -0.1) is 11.3 Å². The summed E-state index contributed by atoms with van der Waals surface area (Å²) >= 11 is 1.62. The van der Waals surface area contributed by atoms with E-state index in [9.17, 15) is 4.79 Å². The van der Waals surface area contributed by atoms with Gasteiger partial charge in [-0.1, -0.05) is 36.4 Å². The number of benzene rings is 1. The average molecular weight is 284 g/mol. The van der Waals surface area contributed by atoms with E-state index >= 15 is 0 Å². The number of hydrazone groups is 1. The van der Waals surface area contributed by atoms with Gasteiger partial charge in [0.15, 0.2) is 0 Å². The first kappa shape index (κ1) is 13.1. The van der Waals surface area contributed by atoms with Crippen molar-refractivity contribution < 1.29 is 4.79 Å². The van der Waals surface area contributed by atoms with Crippen LogP contribution in [0.4, 0.5) is 0 Å². The smallest absolute Gasteiger partial charge is 0.243 e. The molecular formula is C16H16N2OS. The highest BCUT2D eigenvalue weighted by Crippen LogP contribution is 2.47. The Hall–Kier alpha value is -1.94. The van der Waals surface area contributed by atoms with Gasteiger partial charge in [-0.3, -0.25) is 4.79 Å². The van der Waals surface area contributed by atoms with Crippen LogP contribution in [-0.4, -0.2) is 11.6 Å². The fraction of sp³-hybridized carbons (Fsp3) is 0.250. The molecule has 2 aromatic rings. The van der Waals surface area contributed by atoms with E-state index in [2.05, 4.69) is 22.7 Å². The molecule has 2 atom stereocenters. The second-order valence-electron chi connectivity index (χ2n) is 5.01. The third-order valence-corrected chi connectivity index (χ3v) is 4.55. The summed E-state index contributed by atoms with van der Waals surface area (Å²) in [4.78, 5) is 13.1. The molecule has 3 nitrogen and oxygen atoms in total. The summed E-state index contributed by atoms with van der Waals surface area (Å²) in [6.45, 7) is 1.91. The summed E-state index contributed by atoms with van der Waals surface area (Å²) in [5.41, 5.74) is 4.78. The predicted molar refractivity (Wildman–Crippen MR) is 82.0 cm³/mol. The van der Waals surface area contributed by atoms with Crippen molar-refractivity contribution in [1.29, 1.82) is 0 Å². The minimum atomic E-state index is 0.0229. The molecule has 4 heteroatoms. The molecule has 0 aliphatic heterocycles. The Kier molecular flexibility index (Phi) is 3.65. The lowest BCUT2D eigenvalue weighted by Gasteiger charge is -2.01. The monoisotopic (exact) mass is 284 g/mol. The van der Waals surface area contributed by atoms with Crippen molar-refractivity contribution in [3.05, 3.63) is 58.3 Å². The second-order valence-corrected chi connectivity index (χ2v) is 5.96. The first-order valence-corrected chi connectivity index (χ1v) is 7.56. The van der Waals surface area contributed by atoms with Crippen LogP contribution in [-0.2, 0) is 4.79 Å². The van der Waals surface area contributed by atoms with Crippen LogP contribution in [0, 0.1) is 5.92 Å². The van der Waals surface area contributed by atoms with Gasteiger partial charge in [-0.05, 0) is 36.3 Å². The van der Waals surface area contributed by atoms with Gasteiger partial charge in [0, 0.05) is 10.8 Å². The maximum absolute atomic E-state index is 12.0. The molecule has 1 heterocycles. The van der Waals surface area contributed by atoms with Crippen molar-refractivity contribution in [1.82, 2.24) is 5.43 Å². The molecule has 0 bridgehead atoms. The highest BCUT2D eigenvalue weighted by molar-refractivity contribution is 7.12. The largest absolute Gasteiger partial charge is 0.273 e. The predicted octanol–water partition coefficient (Wildman–Crippen LogP) is 3.39. The molecule has 0 spiro atoms. The topological polar surface area (TPSA) is 41.5 Å². The van der Waals surface area contributed by atoms with Gasteiger partial charge < -0.3 is 0 Å². The van der Waals surface area contributed by atoms with E-state index in [1.54, 1.807) is 11.3 Å². The highest BCUT2D eigenvalue weighted by Gasteiger charge is 2.43. The number of carbonyl (C=O) groups is 1. The molecule has 1 aliphatic carbocycles. The van der Waals surface area contributed by atoms with Gasteiger partial charge in [-0.25, -0.2) is 5.43 Å². The van der Waals surface area contributed by atoms with Gasteiger partial charge in [0.05, 0.1) is 5.71 Å². The van der Waals surface area contributed by atoms with Crippen LogP contribution < -0.4 is 5.43 Å². The van der Waals surface area contributed by atoms with Crippen molar-refractivity contribution in [3.8, 4) is 0 Å². The fourth-order valence-electron chi connectivity index (χ4n) is 2.31. The minimum Gasteiger partial charge on any atom is -0.273 e. The quantitative estimate of drug-likeness (QED) is 0.678. The summed E-state index contributed by atoms with van der Waals surface area (Å²) in [7, 11) is 0. The number of thiophene rings is 1. The minimum absolute atomic E-state index is 0.0229. The molecule has 3 rings (SSSR count). The van der Waals surface area contributed by atoms with Crippen molar-refractivity contribution in [2.75, 3.05) is 0 Å². The van der Waals surface area contributed by atoms with Crippen LogP contribution in [0.2, 0.25) is 0 Å². The van der Waals surface area contributed by atoms with Crippen molar-refractivity contribution in [3.63, 3.8) is 0 Å². The van der Waals surface area contributed by atoms with Gasteiger partial charge in [0.1, 0.15) is 0 Å². The third kappa shape index (κ3) is 2.80. The van der Waals surface area contributed by atoms with Gasteiger partial charge in [0.25, 0.3) is 0 Å². The van der Waals surface area contributed by atoms with E-state index in [1.807, 2.05) is 42.6 Å². The molecule has 0 radical (unpaired) electrons. The Morgan fingerprint density at radius 2 is 2.05 bits per heavy atom. The van der Waals surface area contributed by atoms with E-state index in [-0.39, 0.29) is 11.8 Å². The number of hydrogen-bond acceptors (Lipinski definition) is 3. The molecular weight excluding hydrogens is 268 g/mol. The van der Waals surface area contributed by atoms with Crippen LogP contribution >= 0.6 is 11.3 Å². The molecule has 1 aliphatic rings. The van der Waals surface area contributed by atoms with Crippen molar-refractivity contribution >= 4 is 23.0 Å². The van der Waals surface area contributed by atoms with E-state index in [0.717, 1.165) is 17.0 Å². The number of rotatable bonds is 4. The first-order valence-electron chi connectivity index (χ1n) is 6.68. The van der Waals surface area contributed by atoms with Gasteiger partial charge in [0.2, 0.25) is 5.91 Å². The van der Waals surface area contributed by atoms with Crippen LogP contribution in [0.1, 0.15) is 29.7 Å². The van der Waals surface area contributed by atoms with Crippen LogP contribution in [0.25, 0.3) is 0 Å². The van der Waals surface area contributed by atoms with Crippen LogP contribution in [0.5, 0.6) is 0 Å². The van der Waals surface area contributed by atoms with Gasteiger partial charge in [-0.2, -0.15) is 5.10 Å². The standard InChI is InChI=1S/C16H16N2OS/c1-11(15-8-5-9-20-15)17-18-16(19)14-10-13(14)12-6-3-2-4-7-12/h2-9,13-14H,10H2,1H3,(H,18,19)/b17-11+/t13-,14+/m1/s1. The molecule has 1 aromatic carbocycles. The van der Waals surface area contributed by atoms with Crippen molar-refractivity contribution in [2.24, 2.45) is 11.0 Å². The van der Waals surface area contributed by atoms with Crippen molar-refractivity contribution in [2.45, 2.75) is 19.3 Å². The maximum atomic E-state index is 12.0. The fourth-order valence-corrected chi connectivity index (χ4v) is 2.99. The van der Waals surface area contributed by atoms with Gasteiger partial charge >= 0.3 is 0 Å². The first-order chi connectivity index (χ1) is 9.75. The third-order valence-electron chi connectivity index (χ3n) is 3.57. The molecule has 1 amide bonds. The summed E-state index contributed by atoms with van der Waals surface area (Å²) in [6.07, 6.45) is 0.920. The lowest BCUT2D eigenvalue weighted by atomic mass is 10.1. The number of amides is 1. The van der Waals surface area contributed by atoms with E-state index in [0.29, 0.717) is 5.92 Å². The summed E-state index contributed by atoms with van der Waals surface area (Å²) < 4.78 is 0. The summed E-state index contributed by atoms with van der Waals surface area (Å²) in [6, 6.07) is 14.2. The molecule has 1 fully saturated rings. The molecule has 1 aromatic heterocycles. The number of hydrogen-bond donors (Lipinski definition) is 1. The lowest BCUT2D eigenvalue weighted by Crippen LogP contribution is -2.21. The van der Waals surface area contributed by atoms with Crippen LogP contribution in [0.3, 0.4) is 0 Å². The molecule has 0 saturated heterocycles. The molecule has 0 unspecified atom stereocenters. The zero-order chi connectivity index (χ0) is 13.9. The van der Waals surface area contributed by atoms with Crippen LogP contribution in [0.15, 0.2) is 52.9 Å². The van der Waals surface area contributed by atoms with E-state index in [4.69, 9.17) is 0 Å². The maximum Gasteiger partial charge on any atom is 0.243 e. The zero-order valence-electron chi connectivity index (χ0n) is 11.2. The zero-order valence-corrected chi connectivity index (χ0v) is 12.1. The summed E-state index contributed by atoms with van der Waals surface area (Å²) in [5, 5.41) is 6.19. The van der Waals surface area contributed by atoms with E-state index in [1.165, 1.54) is 5.56 Å². The highest BCUT2D eigenvalue weighted by atomic mass is 32.1. The molecule has 1 N–H and O–H groups in total. The normalized spacial score (nSPS) is 21.6. The Balaban J connectivity index is 1.58. The molecule has 20 heavy (non-hydrogen) atoms. The number of nitrogens with zero attached hydrogens (tertiary/aromatic N) is 1.